The van der Waals surface area contributed by atoms with Crippen LogP contribution in [0.2, 0.25) is 0 Å². The standard InChI is InChI=1S/C14H20N2O4/c1-19-9-5-8-15-10-13(17)16-12-7-4-3-6-11(12)14(18)20-2/h3-4,6-7,15H,5,8-10H2,1-2H3,(H,16,17). The Morgan fingerprint density at radius 2 is 1.95 bits per heavy atom. The van der Waals surface area contributed by atoms with Crippen molar-refractivity contribution in [2.24, 2.45) is 0 Å². The minimum atomic E-state index is -0.478. The van der Waals surface area contributed by atoms with Gasteiger partial charge < -0.3 is 20.1 Å². The fourth-order valence-electron chi connectivity index (χ4n) is 1.62. The monoisotopic (exact) mass is 280 g/mol. The number of carbonyl (C=O) groups excluding carboxylic acids is 2. The topological polar surface area (TPSA) is 76.7 Å². The maximum absolute atomic E-state index is 11.8. The third-order valence-corrected chi connectivity index (χ3v) is 2.59. The van der Waals surface area contributed by atoms with E-state index in [9.17, 15) is 9.59 Å². The fourth-order valence-corrected chi connectivity index (χ4v) is 1.62. The SMILES string of the molecule is COCCCNCC(=O)Nc1ccccc1C(=O)OC. The van der Waals surface area contributed by atoms with Crippen molar-refractivity contribution in [3.8, 4) is 0 Å². The molecule has 0 bridgehead atoms. The van der Waals surface area contributed by atoms with Crippen LogP contribution < -0.4 is 10.6 Å². The molecule has 1 aromatic rings. The summed E-state index contributed by atoms with van der Waals surface area (Å²) in [6, 6.07) is 6.72. The Hall–Kier alpha value is -1.92. The first-order chi connectivity index (χ1) is 9.69. The molecular weight excluding hydrogens is 260 g/mol. The maximum Gasteiger partial charge on any atom is 0.339 e. The molecule has 6 nitrogen and oxygen atoms in total. The third-order valence-electron chi connectivity index (χ3n) is 2.59. The molecule has 1 aromatic carbocycles. The third kappa shape index (κ3) is 5.38. The summed E-state index contributed by atoms with van der Waals surface area (Å²) in [6.07, 6.45) is 0.836. The lowest BCUT2D eigenvalue weighted by Gasteiger charge is -2.10. The van der Waals surface area contributed by atoms with Crippen LogP contribution in [0.5, 0.6) is 0 Å². The lowest BCUT2D eigenvalue weighted by molar-refractivity contribution is -0.115. The van der Waals surface area contributed by atoms with Crippen LogP contribution in [0.1, 0.15) is 16.8 Å². The number of carbonyl (C=O) groups is 2. The molecule has 0 radical (unpaired) electrons. The average Bonchev–Trinajstić information content (AvgIpc) is 2.47. The van der Waals surface area contributed by atoms with Gasteiger partial charge >= 0.3 is 5.97 Å². The number of hydrogen-bond donors (Lipinski definition) is 2. The summed E-state index contributed by atoms with van der Waals surface area (Å²) in [5, 5.41) is 5.68. The van der Waals surface area contributed by atoms with Crippen LogP contribution in [0.3, 0.4) is 0 Å². The smallest absolute Gasteiger partial charge is 0.339 e. The highest BCUT2D eigenvalue weighted by atomic mass is 16.5. The van der Waals surface area contributed by atoms with Crippen LogP contribution in [-0.4, -0.2) is 45.8 Å². The average molecular weight is 280 g/mol. The second-order valence-electron chi connectivity index (χ2n) is 4.11. The zero-order chi connectivity index (χ0) is 14.8. The molecular formula is C14H20N2O4. The summed E-state index contributed by atoms with van der Waals surface area (Å²) < 4.78 is 9.57. The normalized spacial score (nSPS) is 10.1. The first-order valence-corrected chi connectivity index (χ1v) is 6.36. The van der Waals surface area contributed by atoms with Gasteiger partial charge in [-0.1, -0.05) is 12.1 Å². The molecule has 0 fully saturated rings. The molecule has 20 heavy (non-hydrogen) atoms. The van der Waals surface area contributed by atoms with Gasteiger partial charge in [-0.25, -0.2) is 4.79 Å². The Balaban J connectivity index is 2.47. The zero-order valence-electron chi connectivity index (χ0n) is 11.8. The molecule has 0 aliphatic heterocycles. The van der Waals surface area contributed by atoms with E-state index in [0.717, 1.165) is 6.42 Å². The van der Waals surface area contributed by atoms with E-state index in [1.807, 2.05) is 0 Å². The Bertz CT molecular complexity index is 449. The second kappa shape index (κ2) is 9.06. The predicted octanol–water partition coefficient (Wildman–Crippen LogP) is 1.04. The number of ether oxygens (including phenoxy) is 2. The van der Waals surface area contributed by atoms with Crippen LogP contribution >= 0.6 is 0 Å². The van der Waals surface area contributed by atoms with Gasteiger partial charge in [0.15, 0.2) is 0 Å². The lowest BCUT2D eigenvalue weighted by atomic mass is 10.2. The highest BCUT2D eigenvalue weighted by Gasteiger charge is 2.12. The summed E-state index contributed by atoms with van der Waals surface area (Å²) in [4.78, 5) is 23.3. The molecule has 6 heteroatoms. The Morgan fingerprint density at radius 1 is 1.20 bits per heavy atom. The van der Waals surface area contributed by atoms with E-state index in [0.29, 0.717) is 24.4 Å². The van der Waals surface area contributed by atoms with Crippen molar-refractivity contribution < 1.29 is 19.1 Å². The van der Waals surface area contributed by atoms with Crippen LogP contribution in [0, 0.1) is 0 Å². The first-order valence-electron chi connectivity index (χ1n) is 6.36. The first kappa shape index (κ1) is 16.1. The molecule has 110 valence electrons. The molecule has 0 saturated carbocycles. The number of hydrogen-bond acceptors (Lipinski definition) is 5. The van der Waals surface area contributed by atoms with Gasteiger partial charge in [-0.05, 0) is 25.1 Å². The fraction of sp³-hybridized carbons (Fsp3) is 0.429. The number of esters is 1. The summed E-state index contributed by atoms with van der Waals surface area (Å²) in [7, 11) is 2.94. The van der Waals surface area contributed by atoms with Crippen LogP contribution in [0.15, 0.2) is 24.3 Å². The summed E-state index contributed by atoms with van der Waals surface area (Å²) in [6.45, 7) is 1.53. The van der Waals surface area contributed by atoms with Gasteiger partial charge in [0.25, 0.3) is 0 Å². The maximum atomic E-state index is 11.8. The summed E-state index contributed by atoms with van der Waals surface area (Å²) in [5.41, 5.74) is 0.783. The van der Waals surface area contributed by atoms with E-state index in [2.05, 4.69) is 15.4 Å². The highest BCUT2D eigenvalue weighted by molar-refractivity contribution is 6.01. The van der Waals surface area contributed by atoms with Gasteiger partial charge in [-0.3, -0.25) is 4.79 Å². The minimum absolute atomic E-state index is 0.180. The number of amides is 1. The predicted molar refractivity (Wildman–Crippen MR) is 75.8 cm³/mol. The largest absolute Gasteiger partial charge is 0.465 e. The number of nitrogens with one attached hydrogen (secondary N) is 2. The molecule has 0 atom stereocenters. The van der Waals surface area contributed by atoms with Crippen LogP contribution in [0.25, 0.3) is 0 Å². The minimum Gasteiger partial charge on any atom is -0.465 e. The number of benzene rings is 1. The molecule has 0 aromatic heterocycles. The number of para-hydroxylation sites is 1. The molecule has 0 aliphatic carbocycles. The van der Waals surface area contributed by atoms with Crippen molar-refractivity contribution in [3.05, 3.63) is 29.8 Å². The van der Waals surface area contributed by atoms with E-state index < -0.39 is 5.97 Å². The van der Waals surface area contributed by atoms with Crippen molar-refractivity contribution >= 4 is 17.6 Å². The molecule has 2 N–H and O–H groups in total. The Labute approximate surface area is 118 Å². The van der Waals surface area contributed by atoms with E-state index in [1.165, 1.54) is 7.11 Å². The summed E-state index contributed by atoms with van der Waals surface area (Å²) >= 11 is 0. The van der Waals surface area contributed by atoms with Gasteiger partial charge in [0, 0.05) is 13.7 Å². The van der Waals surface area contributed by atoms with E-state index in [-0.39, 0.29) is 12.5 Å². The molecule has 0 aliphatic rings. The van der Waals surface area contributed by atoms with Gasteiger partial charge in [0.1, 0.15) is 0 Å². The quantitative estimate of drug-likeness (QED) is 0.549. The zero-order valence-corrected chi connectivity index (χ0v) is 11.8. The molecule has 0 saturated heterocycles. The van der Waals surface area contributed by atoms with E-state index in [1.54, 1.807) is 31.4 Å². The van der Waals surface area contributed by atoms with Crippen molar-refractivity contribution in [1.82, 2.24) is 5.32 Å². The molecule has 0 heterocycles. The molecule has 1 amide bonds. The van der Waals surface area contributed by atoms with Crippen molar-refractivity contribution in [2.45, 2.75) is 6.42 Å². The number of methoxy groups -OCH3 is 2. The number of anilines is 1. The molecule has 1 rings (SSSR count). The van der Waals surface area contributed by atoms with E-state index in [4.69, 9.17) is 4.74 Å². The van der Waals surface area contributed by atoms with Gasteiger partial charge in [-0.2, -0.15) is 0 Å². The number of rotatable bonds is 8. The highest BCUT2D eigenvalue weighted by Crippen LogP contribution is 2.15. The van der Waals surface area contributed by atoms with Crippen molar-refractivity contribution in [3.63, 3.8) is 0 Å². The Morgan fingerprint density at radius 3 is 2.65 bits per heavy atom. The van der Waals surface area contributed by atoms with E-state index >= 15 is 0 Å². The van der Waals surface area contributed by atoms with Gasteiger partial charge in [0.05, 0.1) is 24.9 Å². The summed E-state index contributed by atoms with van der Waals surface area (Å²) in [5.74, 6) is -0.687. The molecule has 0 spiro atoms. The van der Waals surface area contributed by atoms with Gasteiger partial charge in [-0.15, -0.1) is 0 Å². The van der Waals surface area contributed by atoms with Crippen LogP contribution in [-0.2, 0) is 14.3 Å². The molecule has 0 unspecified atom stereocenters. The second-order valence-corrected chi connectivity index (χ2v) is 4.11. The Kier molecular flexibility index (Phi) is 7.31. The lowest BCUT2D eigenvalue weighted by Crippen LogP contribution is -2.29. The van der Waals surface area contributed by atoms with Gasteiger partial charge in [0.2, 0.25) is 5.91 Å². The van der Waals surface area contributed by atoms with Crippen molar-refractivity contribution in [2.75, 3.05) is 39.2 Å². The van der Waals surface area contributed by atoms with Crippen molar-refractivity contribution in [1.29, 1.82) is 0 Å². The van der Waals surface area contributed by atoms with Crippen LogP contribution in [0.4, 0.5) is 5.69 Å².